The molecule has 2 aliphatic rings. The highest BCUT2D eigenvalue weighted by atomic mass is 16.3. The first-order valence-corrected chi connectivity index (χ1v) is 8.40. The molecule has 1 unspecified atom stereocenters. The fraction of sp³-hybridized carbons (Fsp3) is 0.500. The number of nitrogens with one attached hydrogen (secondary N) is 2. The zero-order valence-corrected chi connectivity index (χ0v) is 13.2. The molecule has 0 aliphatic carbocycles. The largest absolute Gasteiger partial charge is 0.396 e. The predicted molar refractivity (Wildman–Crippen MR) is 89.3 cm³/mol. The minimum Gasteiger partial charge on any atom is -0.396 e. The molecular formula is C18H23N3O2. The lowest BCUT2D eigenvalue weighted by molar-refractivity contribution is 0.0756. The quantitative estimate of drug-likeness (QED) is 0.789. The molecule has 2 aliphatic heterocycles. The monoisotopic (exact) mass is 313 g/mol. The number of aliphatic hydroxyl groups excluding tert-OH is 1. The van der Waals surface area contributed by atoms with Crippen LogP contribution in [-0.2, 0) is 0 Å². The van der Waals surface area contributed by atoms with Crippen molar-refractivity contribution in [2.75, 3.05) is 32.8 Å². The van der Waals surface area contributed by atoms with Gasteiger partial charge in [-0.1, -0.05) is 0 Å². The maximum atomic E-state index is 12.9. The SMILES string of the molecule is O=C(c1ccc2[nH]ccc2c1)N1CC(CO)C2(CCNCC2)C1. The van der Waals surface area contributed by atoms with E-state index in [4.69, 9.17) is 0 Å². The molecule has 2 saturated heterocycles. The highest BCUT2D eigenvalue weighted by molar-refractivity contribution is 5.98. The first kappa shape index (κ1) is 14.7. The Morgan fingerprint density at radius 1 is 1.30 bits per heavy atom. The van der Waals surface area contributed by atoms with Gasteiger partial charge in [-0.25, -0.2) is 0 Å². The summed E-state index contributed by atoms with van der Waals surface area (Å²) in [5, 5.41) is 14.3. The number of fused-ring (bicyclic) bond motifs is 1. The molecule has 2 fully saturated rings. The average molecular weight is 313 g/mol. The van der Waals surface area contributed by atoms with Crippen LogP contribution in [0.5, 0.6) is 0 Å². The molecule has 3 heterocycles. The number of carbonyl (C=O) groups is 1. The first-order chi connectivity index (χ1) is 11.2. The number of aliphatic hydroxyl groups is 1. The summed E-state index contributed by atoms with van der Waals surface area (Å²) in [7, 11) is 0. The smallest absolute Gasteiger partial charge is 0.253 e. The second-order valence-corrected chi connectivity index (χ2v) is 6.96. The Kier molecular flexibility index (Phi) is 3.62. The van der Waals surface area contributed by atoms with E-state index in [1.54, 1.807) is 0 Å². The molecule has 2 aromatic rings. The van der Waals surface area contributed by atoms with Gasteiger partial charge in [0, 0.05) is 48.3 Å². The highest BCUT2D eigenvalue weighted by Gasteiger charge is 2.47. The number of H-pyrrole nitrogens is 1. The van der Waals surface area contributed by atoms with Gasteiger partial charge in [-0.05, 0) is 55.6 Å². The van der Waals surface area contributed by atoms with Crippen LogP contribution in [0.1, 0.15) is 23.2 Å². The molecule has 4 rings (SSSR count). The second kappa shape index (κ2) is 5.65. The van der Waals surface area contributed by atoms with Gasteiger partial charge in [0.2, 0.25) is 0 Å². The molecule has 122 valence electrons. The fourth-order valence-corrected chi connectivity index (χ4v) is 4.30. The Labute approximate surface area is 135 Å². The van der Waals surface area contributed by atoms with Crippen LogP contribution in [0.3, 0.4) is 0 Å². The minimum atomic E-state index is 0.0851. The van der Waals surface area contributed by atoms with Gasteiger partial charge in [-0.3, -0.25) is 4.79 Å². The summed E-state index contributed by atoms with van der Waals surface area (Å²) in [5.41, 5.74) is 1.87. The number of benzene rings is 1. The van der Waals surface area contributed by atoms with Gasteiger partial charge in [0.05, 0.1) is 0 Å². The first-order valence-electron chi connectivity index (χ1n) is 8.40. The number of carbonyl (C=O) groups excluding carboxylic acids is 1. The Balaban J connectivity index is 1.58. The van der Waals surface area contributed by atoms with Crippen LogP contribution in [0.15, 0.2) is 30.5 Å². The Morgan fingerprint density at radius 3 is 2.91 bits per heavy atom. The van der Waals surface area contributed by atoms with E-state index >= 15 is 0 Å². The highest BCUT2D eigenvalue weighted by Crippen LogP contribution is 2.43. The maximum absolute atomic E-state index is 12.9. The maximum Gasteiger partial charge on any atom is 0.253 e. The molecule has 1 aromatic carbocycles. The molecule has 5 nitrogen and oxygen atoms in total. The lowest BCUT2D eigenvalue weighted by Gasteiger charge is -2.37. The van der Waals surface area contributed by atoms with Gasteiger partial charge in [0.25, 0.3) is 5.91 Å². The molecule has 1 spiro atoms. The van der Waals surface area contributed by atoms with Crippen LogP contribution in [0.2, 0.25) is 0 Å². The predicted octanol–water partition coefficient (Wildman–Crippen LogP) is 1.60. The molecule has 0 saturated carbocycles. The number of hydrogen-bond donors (Lipinski definition) is 3. The molecule has 0 radical (unpaired) electrons. The van der Waals surface area contributed by atoms with Crippen molar-refractivity contribution in [2.45, 2.75) is 12.8 Å². The normalized spacial score (nSPS) is 23.7. The van der Waals surface area contributed by atoms with Crippen molar-refractivity contribution in [3.63, 3.8) is 0 Å². The summed E-state index contributed by atoms with van der Waals surface area (Å²) in [5.74, 6) is 0.284. The number of hydrogen-bond acceptors (Lipinski definition) is 3. The van der Waals surface area contributed by atoms with E-state index in [-0.39, 0.29) is 23.8 Å². The van der Waals surface area contributed by atoms with E-state index in [1.807, 2.05) is 35.4 Å². The number of piperidine rings is 1. The Bertz CT molecular complexity index is 718. The van der Waals surface area contributed by atoms with Gasteiger partial charge >= 0.3 is 0 Å². The van der Waals surface area contributed by atoms with Crippen molar-refractivity contribution in [3.8, 4) is 0 Å². The molecule has 5 heteroatoms. The Morgan fingerprint density at radius 2 is 2.13 bits per heavy atom. The molecule has 23 heavy (non-hydrogen) atoms. The van der Waals surface area contributed by atoms with Crippen molar-refractivity contribution in [3.05, 3.63) is 36.0 Å². The van der Waals surface area contributed by atoms with Crippen LogP contribution < -0.4 is 5.32 Å². The summed E-state index contributed by atoms with van der Waals surface area (Å²) < 4.78 is 0. The number of aromatic amines is 1. The lowest BCUT2D eigenvalue weighted by Crippen LogP contribution is -2.43. The minimum absolute atomic E-state index is 0.0851. The van der Waals surface area contributed by atoms with Gasteiger partial charge < -0.3 is 20.3 Å². The van der Waals surface area contributed by atoms with Gasteiger partial charge in [0.15, 0.2) is 0 Å². The third-order valence-electron chi connectivity index (χ3n) is 5.72. The van der Waals surface area contributed by atoms with Crippen LogP contribution in [0.25, 0.3) is 10.9 Å². The number of likely N-dealkylation sites (tertiary alicyclic amines) is 1. The molecular weight excluding hydrogens is 290 g/mol. The fourth-order valence-electron chi connectivity index (χ4n) is 4.30. The van der Waals surface area contributed by atoms with Crippen molar-refractivity contribution in [2.24, 2.45) is 11.3 Å². The summed E-state index contributed by atoms with van der Waals surface area (Å²) >= 11 is 0. The summed E-state index contributed by atoms with van der Waals surface area (Å²) in [6, 6.07) is 7.79. The third kappa shape index (κ3) is 2.44. The van der Waals surface area contributed by atoms with Gasteiger partial charge in [-0.2, -0.15) is 0 Å². The van der Waals surface area contributed by atoms with E-state index in [0.717, 1.165) is 48.9 Å². The lowest BCUT2D eigenvalue weighted by atomic mass is 9.71. The topological polar surface area (TPSA) is 68.4 Å². The second-order valence-electron chi connectivity index (χ2n) is 6.96. The van der Waals surface area contributed by atoms with E-state index in [9.17, 15) is 9.90 Å². The van der Waals surface area contributed by atoms with E-state index in [1.165, 1.54) is 0 Å². The van der Waals surface area contributed by atoms with Crippen LogP contribution in [0.4, 0.5) is 0 Å². The van der Waals surface area contributed by atoms with Gasteiger partial charge in [0.1, 0.15) is 0 Å². The molecule has 3 N–H and O–H groups in total. The molecule has 0 bridgehead atoms. The molecule has 1 amide bonds. The number of rotatable bonds is 2. The van der Waals surface area contributed by atoms with E-state index in [2.05, 4.69) is 10.3 Å². The molecule has 1 atom stereocenters. The average Bonchev–Trinajstić information content (AvgIpc) is 3.19. The van der Waals surface area contributed by atoms with E-state index < -0.39 is 0 Å². The summed E-state index contributed by atoms with van der Waals surface area (Å²) in [6.45, 7) is 3.56. The summed E-state index contributed by atoms with van der Waals surface area (Å²) in [4.78, 5) is 18.0. The van der Waals surface area contributed by atoms with Crippen molar-refractivity contribution >= 4 is 16.8 Å². The van der Waals surface area contributed by atoms with Crippen LogP contribution in [-0.4, -0.2) is 53.7 Å². The Hall–Kier alpha value is -1.85. The van der Waals surface area contributed by atoms with Gasteiger partial charge in [-0.15, -0.1) is 0 Å². The van der Waals surface area contributed by atoms with Crippen LogP contribution >= 0.6 is 0 Å². The zero-order valence-electron chi connectivity index (χ0n) is 13.2. The zero-order chi connectivity index (χ0) is 15.9. The number of nitrogens with zero attached hydrogens (tertiary/aromatic N) is 1. The third-order valence-corrected chi connectivity index (χ3v) is 5.72. The van der Waals surface area contributed by atoms with Crippen molar-refractivity contribution in [1.29, 1.82) is 0 Å². The van der Waals surface area contributed by atoms with Crippen molar-refractivity contribution in [1.82, 2.24) is 15.2 Å². The van der Waals surface area contributed by atoms with Crippen molar-refractivity contribution < 1.29 is 9.90 Å². The molecule has 1 aromatic heterocycles. The van der Waals surface area contributed by atoms with E-state index in [0.29, 0.717) is 6.54 Å². The number of aromatic nitrogens is 1. The summed E-state index contributed by atoms with van der Waals surface area (Å²) in [6.07, 6.45) is 3.97. The number of amides is 1. The van der Waals surface area contributed by atoms with Crippen LogP contribution in [0, 0.1) is 11.3 Å². The standard InChI is InChI=1S/C18H23N3O2/c22-11-15-10-21(12-18(15)4-7-19-8-5-18)17(23)14-1-2-16-13(9-14)3-6-20-16/h1-3,6,9,15,19-20,22H,4-5,7-8,10-12H2.